The smallest absolute Gasteiger partial charge is 0.184 e. The average molecular weight is 254 g/mol. The van der Waals surface area contributed by atoms with Crippen molar-refractivity contribution >= 4 is 19.9 Å². The fourth-order valence-corrected chi connectivity index (χ4v) is 2.61. The number of benzene rings is 1. The van der Waals surface area contributed by atoms with Crippen LogP contribution < -0.4 is 0 Å². The predicted molar refractivity (Wildman–Crippen MR) is 68.9 cm³/mol. The molecule has 0 aliphatic carbocycles. The topological polar surface area (TPSA) is 33.0 Å². The van der Waals surface area contributed by atoms with Gasteiger partial charge in [-0.2, -0.15) is 5.26 Å². The van der Waals surface area contributed by atoms with Crippen molar-refractivity contribution in [1.29, 1.82) is 5.26 Å². The standard InChI is InChI=1S/C12H16ClNOSi/c1-16(2,3)15-12(8-9-14)10-4-6-11(13)7-5-10/h4-7,12H,8H2,1-3H3. The van der Waals surface area contributed by atoms with Gasteiger partial charge < -0.3 is 4.43 Å². The molecule has 0 aromatic heterocycles. The van der Waals surface area contributed by atoms with Crippen LogP contribution in [0.1, 0.15) is 18.1 Å². The van der Waals surface area contributed by atoms with E-state index in [0.29, 0.717) is 11.4 Å². The highest BCUT2D eigenvalue weighted by Crippen LogP contribution is 2.26. The second kappa shape index (κ2) is 5.49. The van der Waals surface area contributed by atoms with Gasteiger partial charge in [0.1, 0.15) is 0 Å². The fourth-order valence-electron chi connectivity index (χ4n) is 1.41. The van der Waals surface area contributed by atoms with Gasteiger partial charge in [-0.25, -0.2) is 0 Å². The van der Waals surface area contributed by atoms with Crippen molar-refractivity contribution in [2.45, 2.75) is 32.2 Å². The van der Waals surface area contributed by atoms with Crippen LogP contribution in [0.15, 0.2) is 24.3 Å². The summed E-state index contributed by atoms with van der Waals surface area (Å²) in [4.78, 5) is 0. The largest absolute Gasteiger partial charge is 0.410 e. The number of hydrogen-bond donors (Lipinski definition) is 0. The van der Waals surface area contributed by atoms with E-state index in [-0.39, 0.29) is 6.10 Å². The first-order valence-corrected chi connectivity index (χ1v) is 9.01. The zero-order valence-electron chi connectivity index (χ0n) is 9.83. The molecule has 0 saturated heterocycles. The predicted octanol–water partition coefficient (Wildman–Crippen LogP) is 4.15. The summed E-state index contributed by atoms with van der Waals surface area (Å²) in [5, 5.41) is 9.51. The average Bonchev–Trinajstić information content (AvgIpc) is 2.16. The van der Waals surface area contributed by atoms with E-state index >= 15 is 0 Å². The Kier molecular flexibility index (Phi) is 4.54. The first kappa shape index (κ1) is 13.2. The number of nitrogens with zero attached hydrogens (tertiary/aromatic N) is 1. The second-order valence-electron chi connectivity index (χ2n) is 4.63. The third-order valence-electron chi connectivity index (χ3n) is 2.01. The van der Waals surface area contributed by atoms with Crippen molar-refractivity contribution in [3.05, 3.63) is 34.9 Å². The molecular weight excluding hydrogens is 238 g/mol. The maximum Gasteiger partial charge on any atom is 0.184 e. The van der Waals surface area contributed by atoms with Crippen molar-refractivity contribution in [2.75, 3.05) is 0 Å². The van der Waals surface area contributed by atoms with Crippen LogP contribution in [0.4, 0.5) is 0 Å². The molecule has 0 saturated carbocycles. The number of hydrogen-bond acceptors (Lipinski definition) is 2. The van der Waals surface area contributed by atoms with Crippen molar-refractivity contribution in [2.24, 2.45) is 0 Å². The van der Waals surface area contributed by atoms with Gasteiger partial charge >= 0.3 is 0 Å². The van der Waals surface area contributed by atoms with E-state index in [9.17, 15) is 0 Å². The Morgan fingerprint density at radius 1 is 1.31 bits per heavy atom. The van der Waals surface area contributed by atoms with Gasteiger partial charge in [-0.05, 0) is 37.3 Å². The molecule has 0 radical (unpaired) electrons. The zero-order valence-corrected chi connectivity index (χ0v) is 11.6. The minimum atomic E-state index is -1.64. The normalized spacial score (nSPS) is 13.2. The molecule has 1 rings (SSSR count). The maximum atomic E-state index is 8.81. The molecule has 86 valence electrons. The van der Waals surface area contributed by atoms with E-state index in [4.69, 9.17) is 21.3 Å². The molecule has 0 spiro atoms. The van der Waals surface area contributed by atoms with Gasteiger partial charge in [-0.1, -0.05) is 23.7 Å². The Bertz CT molecular complexity index is 377. The van der Waals surface area contributed by atoms with E-state index < -0.39 is 8.32 Å². The third-order valence-corrected chi connectivity index (χ3v) is 3.26. The number of nitriles is 1. The Labute approximate surface area is 103 Å². The van der Waals surface area contributed by atoms with E-state index in [2.05, 4.69) is 25.7 Å². The van der Waals surface area contributed by atoms with Gasteiger partial charge in [0.2, 0.25) is 0 Å². The van der Waals surface area contributed by atoms with Crippen molar-refractivity contribution in [3.63, 3.8) is 0 Å². The third kappa shape index (κ3) is 4.36. The van der Waals surface area contributed by atoms with Crippen molar-refractivity contribution < 1.29 is 4.43 Å². The van der Waals surface area contributed by atoms with Crippen LogP contribution in [-0.4, -0.2) is 8.32 Å². The lowest BCUT2D eigenvalue weighted by Crippen LogP contribution is -2.27. The Morgan fingerprint density at radius 3 is 2.31 bits per heavy atom. The van der Waals surface area contributed by atoms with Crippen molar-refractivity contribution in [1.82, 2.24) is 0 Å². The second-order valence-corrected chi connectivity index (χ2v) is 9.53. The fraction of sp³-hybridized carbons (Fsp3) is 0.417. The van der Waals surface area contributed by atoms with Crippen LogP contribution in [0.2, 0.25) is 24.7 Å². The van der Waals surface area contributed by atoms with Gasteiger partial charge in [0.15, 0.2) is 8.32 Å². The Hall–Kier alpha value is -0.823. The summed E-state index contributed by atoms with van der Waals surface area (Å²) in [7, 11) is -1.64. The minimum Gasteiger partial charge on any atom is -0.410 e. The first-order chi connectivity index (χ1) is 7.42. The summed E-state index contributed by atoms with van der Waals surface area (Å²) in [6.45, 7) is 6.36. The highest BCUT2D eigenvalue weighted by atomic mass is 35.5. The van der Waals surface area contributed by atoms with Gasteiger partial charge in [0.25, 0.3) is 0 Å². The van der Waals surface area contributed by atoms with Crippen LogP contribution in [-0.2, 0) is 4.43 Å². The quantitative estimate of drug-likeness (QED) is 0.756. The lowest BCUT2D eigenvalue weighted by molar-refractivity contribution is 0.203. The van der Waals surface area contributed by atoms with Crippen LogP contribution in [0.25, 0.3) is 0 Å². The summed E-state index contributed by atoms with van der Waals surface area (Å²) in [5.41, 5.74) is 1.02. The molecule has 16 heavy (non-hydrogen) atoms. The highest BCUT2D eigenvalue weighted by Gasteiger charge is 2.22. The summed E-state index contributed by atoms with van der Waals surface area (Å²) >= 11 is 5.83. The number of rotatable bonds is 4. The van der Waals surface area contributed by atoms with Gasteiger partial charge in [-0.3, -0.25) is 0 Å². The zero-order chi connectivity index (χ0) is 12.2. The number of halogens is 1. The van der Waals surface area contributed by atoms with Crippen molar-refractivity contribution in [3.8, 4) is 6.07 Å². The maximum absolute atomic E-state index is 8.81. The molecule has 4 heteroatoms. The lowest BCUT2D eigenvalue weighted by Gasteiger charge is -2.25. The molecule has 1 atom stereocenters. The highest BCUT2D eigenvalue weighted by molar-refractivity contribution is 6.69. The van der Waals surface area contributed by atoms with Gasteiger partial charge in [0.05, 0.1) is 18.6 Å². The Balaban J connectivity index is 2.86. The SMILES string of the molecule is C[Si](C)(C)OC(CC#N)c1ccc(Cl)cc1. The molecule has 1 unspecified atom stereocenters. The molecule has 0 fully saturated rings. The molecule has 0 N–H and O–H groups in total. The molecule has 0 bridgehead atoms. The van der Waals surface area contributed by atoms with Gasteiger partial charge in [0, 0.05) is 5.02 Å². The van der Waals surface area contributed by atoms with Crippen LogP contribution >= 0.6 is 11.6 Å². The molecular formula is C12H16ClNOSi. The Morgan fingerprint density at radius 2 is 1.88 bits per heavy atom. The molecule has 2 nitrogen and oxygen atoms in total. The monoisotopic (exact) mass is 253 g/mol. The summed E-state index contributed by atoms with van der Waals surface area (Å²) < 4.78 is 5.98. The molecule has 0 amide bonds. The molecule has 0 heterocycles. The van der Waals surface area contributed by atoms with Gasteiger partial charge in [-0.15, -0.1) is 0 Å². The lowest BCUT2D eigenvalue weighted by atomic mass is 10.1. The van der Waals surface area contributed by atoms with Crippen LogP contribution in [0, 0.1) is 11.3 Å². The van der Waals surface area contributed by atoms with Crippen LogP contribution in [0.3, 0.4) is 0 Å². The summed E-state index contributed by atoms with van der Waals surface area (Å²) in [5.74, 6) is 0. The van der Waals surface area contributed by atoms with E-state index in [1.165, 1.54) is 0 Å². The molecule has 1 aromatic carbocycles. The summed E-state index contributed by atoms with van der Waals surface area (Å²) in [6, 6.07) is 9.67. The van der Waals surface area contributed by atoms with E-state index in [1.807, 2.05) is 24.3 Å². The van der Waals surface area contributed by atoms with E-state index in [0.717, 1.165) is 5.56 Å². The molecule has 0 aliphatic heterocycles. The summed E-state index contributed by atoms with van der Waals surface area (Å²) in [6.07, 6.45) is 0.250. The molecule has 0 aliphatic rings. The first-order valence-electron chi connectivity index (χ1n) is 5.22. The van der Waals surface area contributed by atoms with E-state index in [1.54, 1.807) is 0 Å². The van der Waals surface area contributed by atoms with Crippen LogP contribution in [0.5, 0.6) is 0 Å². The minimum absolute atomic E-state index is 0.131. The molecule has 1 aromatic rings.